The lowest BCUT2D eigenvalue weighted by atomic mass is 10.1. The van der Waals surface area contributed by atoms with E-state index in [1.807, 2.05) is 68.4 Å². The first-order valence-corrected chi connectivity index (χ1v) is 8.64. The van der Waals surface area contributed by atoms with Crippen molar-refractivity contribution in [2.75, 3.05) is 24.3 Å². The van der Waals surface area contributed by atoms with Crippen molar-refractivity contribution >= 4 is 28.9 Å². The average molecular weight is 366 g/mol. The second-order valence-corrected chi connectivity index (χ2v) is 6.66. The first-order chi connectivity index (χ1) is 12.5. The van der Waals surface area contributed by atoms with E-state index >= 15 is 0 Å². The maximum absolute atomic E-state index is 12.7. The number of aryl methyl sites for hydroxylation is 1. The van der Waals surface area contributed by atoms with Crippen LogP contribution in [0.25, 0.3) is 11.3 Å². The van der Waals surface area contributed by atoms with E-state index in [2.05, 4.69) is 10.3 Å². The fraction of sp³-hybridized carbons (Fsp3) is 0.143. The lowest BCUT2D eigenvalue weighted by Gasteiger charge is -2.15. The summed E-state index contributed by atoms with van der Waals surface area (Å²) in [6.07, 6.45) is 1.71. The number of rotatable bonds is 4. The molecule has 0 radical (unpaired) electrons. The van der Waals surface area contributed by atoms with E-state index in [0.717, 1.165) is 22.5 Å². The number of carbonyl (C=O) groups excluding carboxylic acids is 1. The van der Waals surface area contributed by atoms with Crippen LogP contribution in [-0.4, -0.2) is 25.0 Å². The number of aromatic nitrogens is 1. The van der Waals surface area contributed by atoms with Gasteiger partial charge in [0.2, 0.25) is 0 Å². The number of anilines is 2. The zero-order valence-corrected chi connectivity index (χ0v) is 15.7. The molecular formula is C21H20ClN3O. The third-order valence-electron chi connectivity index (χ3n) is 4.14. The average Bonchev–Trinajstić information content (AvgIpc) is 2.63. The number of hydrogen-bond acceptors (Lipinski definition) is 3. The van der Waals surface area contributed by atoms with Crippen molar-refractivity contribution < 1.29 is 4.79 Å². The van der Waals surface area contributed by atoms with Crippen molar-refractivity contribution in [1.82, 2.24) is 4.98 Å². The molecule has 0 aliphatic rings. The van der Waals surface area contributed by atoms with Crippen LogP contribution < -0.4 is 10.2 Å². The minimum atomic E-state index is -0.151. The van der Waals surface area contributed by atoms with E-state index in [0.29, 0.717) is 16.3 Å². The number of carbonyl (C=O) groups is 1. The summed E-state index contributed by atoms with van der Waals surface area (Å²) in [4.78, 5) is 19.0. The van der Waals surface area contributed by atoms with E-state index in [9.17, 15) is 4.79 Å². The number of halogens is 1. The Kier molecular flexibility index (Phi) is 5.24. The standard InChI is InChI=1S/C21H20ClN3O/c1-14-12-16(25(2)3)8-9-17(14)21(26)24-15-7-10-19(22)18(13-15)20-6-4-5-11-23-20/h4-13H,1-3H3,(H,24,26). The molecule has 0 unspecified atom stereocenters. The Hall–Kier alpha value is -2.85. The maximum Gasteiger partial charge on any atom is 0.255 e. The van der Waals surface area contributed by atoms with Crippen LogP contribution in [0.15, 0.2) is 60.8 Å². The Labute approximate surface area is 158 Å². The Bertz CT molecular complexity index is 939. The molecule has 0 saturated carbocycles. The van der Waals surface area contributed by atoms with Crippen molar-refractivity contribution in [1.29, 1.82) is 0 Å². The van der Waals surface area contributed by atoms with Gasteiger partial charge in [-0.05, 0) is 61.0 Å². The molecule has 1 heterocycles. The molecule has 0 atom stereocenters. The number of benzene rings is 2. The van der Waals surface area contributed by atoms with Crippen LogP contribution in [0.2, 0.25) is 5.02 Å². The smallest absolute Gasteiger partial charge is 0.255 e. The summed E-state index contributed by atoms with van der Waals surface area (Å²) in [5, 5.41) is 3.54. The highest BCUT2D eigenvalue weighted by Crippen LogP contribution is 2.29. The van der Waals surface area contributed by atoms with Gasteiger partial charge in [-0.1, -0.05) is 17.7 Å². The Morgan fingerprint density at radius 2 is 1.88 bits per heavy atom. The molecule has 3 aromatic rings. The van der Waals surface area contributed by atoms with E-state index in [4.69, 9.17) is 11.6 Å². The number of pyridine rings is 1. The predicted octanol–water partition coefficient (Wildman–Crippen LogP) is 5.03. The minimum Gasteiger partial charge on any atom is -0.378 e. The largest absolute Gasteiger partial charge is 0.378 e. The van der Waals surface area contributed by atoms with Crippen LogP contribution in [0.5, 0.6) is 0 Å². The number of nitrogens with zero attached hydrogens (tertiary/aromatic N) is 2. The van der Waals surface area contributed by atoms with Gasteiger partial charge in [0.05, 0.1) is 10.7 Å². The monoisotopic (exact) mass is 365 g/mol. The summed E-state index contributed by atoms with van der Waals surface area (Å²) in [5.41, 5.74) is 4.85. The molecular weight excluding hydrogens is 346 g/mol. The van der Waals surface area contributed by atoms with E-state index in [1.54, 1.807) is 18.3 Å². The molecule has 1 N–H and O–H groups in total. The van der Waals surface area contributed by atoms with Crippen molar-refractivity contribution in [3.05, 3.63) is 76.9 Å². The Morgan fingerprint density at radius 3 is 2.54 bits per heavy atom. The Balaban J connectivity index is 1.86. The van der Waals surface area contributed by atoms with E-state index < -0.39 is 0 Å². The molecule has 0 spiro atoms. The quantitative estimate of drug-likeness (QED) is 0.705. The molecule has 2 aromatic carbocycles. The van der Waals surface area contributed by atoms with Crippen LogP contribution in [-0.2, 0) is 0 Å². The highest BCUT2D eigenvalue weighted by Gasteiger charge is 2.12. The van der Waals surface area contributed by atoms with Gasteiger partial charge in [-0.2, -0.15) is 0 Å². The zero-order valence-electron chi connectivity index (χ0n) is 15.0. The van der Waals surface area contributed by atoms with Crippen molar-refractivity contribution in [2.45, 2.75) is 6.92 Å². The molecule has 0 bridgehead atoms. The van der Waals surface area contributed by atoms with Gasteiger partial charge in [0.15, 0.2) is 0 Å². The summed E-state index contributed by atoms with van der Waals surface area (Å²) in [6, 6.07) is 16.8. The number of amides is 1. The molecule has 3 rings (SSSR count). The third kappa shape index (κ3) is 3.86. The number of nitrogens with one attached hydrogen (secondary N) is 1. The molecule has 5 heteroatoms. The maximum atomic E-state index is 12.7. The second-order valence-electron chi connectivity index (χ2n) is 6.26. The van der Waals surface area contributed by atoms with Crippen molar-refractivity contribution in [3.8, 4) is 11.3 Å². The molecule has 0 aliphatic heterocycles. The van der Waals surface area contributed by atoms with Gasteiger partial charge in [0, 0.05) is 42.8 Å². The van der Waals surface area contributed by atoms with Gasteiger partial charge in [0.1, 0.15) is 0 Å². The van der Waals surface area contributed by atoms with Gasteiger partial charge in [-0.25, -0.2) is 0 Å². The van der Waals surface area contributed by atoms with Crippen LogP contribution in [0, 0.1) is 6.92 Å². The minimum absolute atomic E-state index is 0.151. The van der Waals surface area contributed by atoms with Crippen molar-refractivity contribution in [3.63, 3.8) is 0 Å². The van der Waals surface area contributed by atoms with Gasteiger partial charge >= 0.3 is 0 Å². The lowest BCUT2D eigenvalue weighted by molar-refractivity contribution is 0.102. The highest BCUT2D eigenvalue weighted by molar-refractivity contribution is 6.33. The number of hydrogen-bond donors (Lipinski definition) is 1. The van der Waals surface area contributed by atoms with Crippen LogP contribution in [0.3, 0.4) is 0 Å². The van der Waals surface area contributed by atoms with Gasteiger partial charge in [0.25, 0.3) is 5.91 Å². The second kappa shape index (κ2) is 7.58. The van der Waals surface area contributed by atoms with E-state index in [-0.39, 0.29) is 5.91 Å². The summed E-state index contributed by atoms with van der Waals surface area (Å²) in [6.45, 7) is 1.93. The van der Waals surface area contributed by atoms with Gasteiger partial charge in [-0.3, -0.25) is 9.78 Å². The predicted molar refractivity (Wildman–Crippen MR) is 108 cm³/mol. The van der Waals surface area contributed by atoms with Crippen LogP contribution in [0.4, 0.5) is 11.4 Å². The molecule has 1 aromatic heterocycles. The van der Waals surface area contributed by atoms with Gasteiger partial charge < -0.3 is 10.2 Å². The zero-order chi connectivity index (χ0) is 18.7. The van der Waals surface area contributed by atoms with Crippen LogP contribution >= 0.6 is 11.6 Å². The fourth-order valence-electron chi connectivity index (χ4n) is 2.70. The summed E-state index contributed by atoms with van der Waals surface area (Å²) >= 11 is 6.30. The molecule has 0 fully saturated rings. The first-order valence-electron chi connectivity index (χ1n) is 8.26. The molecule has 0 saturated heterocycles. The SMILES string of the molecule is Cc1cc(N(C)C)ccc1C(=O)Nc1ccc(Cl)c(-c2ccccn2)c1. The first kappa shape index (κ1) is 18.0. The molecule has 4 nitrogen and oxygen atoms in total. The fourth-order valence-corrected chi connectivity index (χ4v) is 2.91. The molecule has 132 valence electrons. The topological polar surface area (TPSA) is 45.2 Å². The molecule has 0 aliphatic carbocycles. The molecule has 26 heavy (non-hydrogen) atoms. The van der Waals surface area contributed by atoms with Crippen LogP contribution in [0.1, 0.15) is 15.9 Å². The summed E-state index contributed by atoms with van der Waals surface area (Å²) in [7, 11) is 3.95. The summed E-state index contributed by atoms with van der Waals surface area (Å²) in [5.74, 6) is -0.151. The molecule has 1 amide bonds. The third-order valence-corrected chi connectivity index (χ3v) is 4.47. The lowest BCUT2D eigenvalue weighted by Crippen LogP contribution is -2.15. The Morgan fingerprint density at radius 1 is 1.08 bits per heavy atom. The normalized spacial score (nSPS) is 10.5. The highest BCUT2D eigenvalue weighted by atomic mass is 35.5. The summed E-state index contributed by atoms with van der Waals surface area (Å²) < 4.78 is 0. The van der Waals surface area contributed by atoms with E-state index in [1.165, 1.54) is 0 Å². The van der Waals surface area contributed by atoms with Gasteiger partial charge in [-0.15, -0.1) is 0 Å². The van der Waals surface area contributed by atoms with Crippen molar-refractivity contribution in [2.24, 2.45) is 0 Å².